The lowest BCUT2D eigenvalue weighted by Crippen LogP contribution is -2.31. The molecule has 1 aromatic carbocycles. The van der Waals surface area contributed by atoms with Crippen molar-refractivity contribution in [2.45, 2.75) is 55.9 Å². The van der Waals surface area contributed by atoms with Crippen molar-refractivity contribution in [2.24, 2.45) is 0 Å². The normalized spacial score (nSPS) is 17.8. The molecule has 1 fully saturated rings. The molecule has 0 bridgehead atoms. The van der Waals surface area contributed by atoms with Gasteiger partial charge in [-0.15, -0.1) is 0 Å². The summed E-state index contributed by atoms with van der Waals surface area (Å²) in [5.74, 6) is -0.0874. The van der Waals surface area contributed by atoms with Gasteiger partial charge in [-0.2, -0.15) is 0 Å². The van der Waals surface area contributed by atoms with Gasteiger partial charge in [-0.3, -0.25) is 4.79 Å². The van der Waals surface area contributed by atoms with E-state index in [4.69, 9.17) is 0 Å². The zero-order valence-electron chi connectivity index (χ0n) is 12.6. The molecule has 0 aromatic heterocycles. The second-order valence-electron chi connectivity index (χ2n) is 6.13. The molecule has 1 aromatic rings. The summed E-state index contributed by atoms with van der Waals surface area (Å²) in [5.41, 5.74) is 2.40. The Hall–Kier alpha value is -1.40. The minimum absolute atomic E-state index is 0.0874. The maximum absolute atomic E-state index is 12.3. The molecule has 2 aliphatic carbocycles. The summed E-state index contributed by atoms with van der Waals surface area (Å²) in [4.78, 5) is 11.9. The van der Waals surface area contributed by atoms with Gasteiger partial charge in [0.2, 0.25) is 15.9 Å². The zero-order chi connectivity index (χ0) is 15.6. The molecular weight excluding hydrogens is 300 g/mol. The van der Waals surface area contributed by atoms with Crippen molar-refractivity contribution in [3.8, 4) is 0 Å². The van der Waals surface area contributed by atoms with E-state index in [1.165, 1.54) is 12.0 Å². The fraction of sp³-hybridized carbons (Fsp3) is 0.562. The first kappa shape index (κ1) is 15.5. The highest BCUT2D eigenvalue weighted by Gasteiger charge is 2.23. The van der Waals surface area contributed by atoms with Gasteiger partial charge in [-0.25, -0.2) is 13.1 Å². The Morgan fingerprint density at radius 1 is 1.14 bits per heavy atom. The number of benzene rings is 1. The molecule has 1 saturated carbocycles. The average molecular weight is 322 g/mol. The summed E-state index contributed by atoms with van der Waals surface area (Å²) in [5, 5.41) is 2.85. The SMILES string of the molecule is O=C(CCNS(=O)(=O)c1ccc2c(c1)CCCC2)NC1CC1. The quantitative estimate of drug-likeness (QED) is 0.833. The summed E-state index contributed by atoms with van der Waals surface area (Å²) >= 11 is 0. The lowest BCUT2D eigenvalue weighted by atomic mass is 9.92. The van der Waals surface area contributed by atoms with Crippen molar-refractivity contribution in [2.75, 3.05) is 6.54 Å². The number of hydrogen-bond donors (Lipinski definition) is 2. The maximum atomic E-state index is 12.3. The number of carbonyl (C=O) groups is 1. The van der Waals surface area contributed by atoms with Crippen LogP contribution in [0.3, 0.4) is 0 Å². The van der Waals surface area contributed by atoms with Gasteiger partial charge in [0.1, 0.15) is 0 Å². The molecule has 0 heterocycles. The topological polar surface area (TPSA) is 75.3 Å². The van der Waals surface area contributed by atoms with E-state index in [-0.39, 0.29) is 18.9 Å². The Bertz CT molecular complexity index is 666. The van der Waals surface area contributed by atoms with Crippen molar-refractivity contribution in [1.29, 1.82) is 0 Å². The molecule has 120 valence electrons. The van der Waals surface area contributed by atoms with E-state index in [0.717, 1.165) is 37.7 Å². The van der Waals surface area contributed by atoms with Gasteiger partial charge in [-0.1, -0.05) is 6.07 Å². The van der Waals surface area contributed by atoms with E-state index in [2.05, 4.69) is 10.0 Å². The molecule has 0 saturated heterocycles. The largest absolute Gasteiger partial charge is 0.353 e. The molecule has 3 rings (SSSR count). The minimum Gasteiger partial charge on any atom is -0.353 e. The summed E-state index contributed by atoms with van der Waals surface area (Å²) in [6.07, 6.45) is 6.52. The van der Waals surface area contributed by atoms with Crippen LogP contribution in [0.25, 0.3) is 0 Å². The fourth-order valence-electron chi connectivity index (χ4n) is 2.79. The smallest absolute Gasteiger partial charge is 0.240 e. The van der Waals surface area contributed by atoms with Crippen molar-refractivity contribution < 1.29 is 13.2 Å². The number of sulfonamides is 1. The van der Waals surface area contributed by atoms with Gasteiger partial charge < -0.3 is 5.32 Å². The van der Waals surface area contributed by atoms with E-state index in [9.17, 15) is 13.2 Å². The molecular formula is C16H22N2O3S. The first-order chi connectivity index (χ1) is 10.5. The van der Waals surface area contributed by atoms with Crippen LogP contribution >= 0.6 is 0 Å². The number of carbonyl (C=O) groups excluding carboxylic acids is 1. The molecule has 0 radical (unpaired) electrons. The predicted octanol–water partition coefficient (Wildman–Crippen LogP) is 1.51. The molecule has 22 heavy (non-hydrogen) atoms. The minimum atomic E-state index is -3.53. The number of hydrogen-bond acceptors (Lipinski definition) is 3. The maximum Gasteiger partial charge on any atom is 0.240 e. The zero-order valence-corrected chi connectivity index (χ0v) is 13.4. The number of nitrogens with one attached hydrogen (secondary N) is 2. The van der Waals surface area contributed by atoms with Crippen LogP contribution < -0.4 is 10.0 Å². The molecule has 5 nitrogen and oxygen atoms in total. The predicted molar refractivity (Wildman–Crippen MR) is 84.1 cm³/mol. The van der Waals surface area contributed by atoms with Crippen LogP contribution in [0.2, 0.25) is 0 Å². The van der Waals surface area contributed by atoms with Crippen LogP contribution in [0.4, 0.5) is 0 Å². The van der Waals surface area contributed by atoms with Crippen molar-refractivity contribution in [3.63, 3.8) is 0 Å². The molecule has 1 amide bonds. The number of amides is 1. The summed E-state index contributed by atoms with van der Waals surface area (Å²) in [6.45, 7) is 0.137. The third-order valence-electron chi connectivity index (χ3n) is 4.22. The molecule has 0 aliphatic heterocycles. The van der Waals surface area contributed by atoms with E-state index in [1.807, 2.05) is 6.07 Å². The molecule has 0 spiro atoms. The number of aryl methyl sites for hydroxylation is 2. The first-order valence-corrected chi connectivity index (χ1v) is 9.44. The Labute approximate surface area is 131 Å². The van der Waals surface area contributed by atoms with Gasteiger partial charge in [0.05, 0.1) is 4.90 Å². The van der Waals surface area contributed by atoms with E-state index in [0.29, 0.717) is 10.9 Å². The van der Waals surface area contributed by atoms with Gasteiger partial charge in [-0.05, 0) is 61.8 Å². The van der Waals surface area contributed by atoms with Crippen molar-refractivity contribution >= 4 is 15.9 Å². The lowest BCUT2D eigenvalue weighted by Gasteiger charge is -2.16. The highest BCUT2D eigenvalue weighted by molar-refractivity contribution is 7.89. The van der Waals surface area contributed by atoms with Gasteiger partial charge in [0, 0.05) is 19.0 Å². The Morgan fingerprint density at radius 3 is 2.59 bits per heavy atom. The summed E-state index contributed by atoms with van der Waals surface area (Å²) in [7, 11) is -3.53. The first-order valence-electron chi connectivity index (χ1n) is 7.95. The second kappa shape index (κ2) is 6.38. The second-order valence-corrected chi connectivity index (χ2v) is 7.89. The lowest BCUT2D eigenvalue weighted by molar-refractivity contribution is -0.121. The van der Waals surface area contributed by atoms with E-state index in [1.54, 1.807) is 12.1 Å². The van der Waals surface area contributed by atoms with Crippen molar-refractivity contribution in [3.05, 3.63) is 29.3 Å². The summed E-state index contributed by atoms with van der Waals surface area (Å²) < 4.78 is 27.1. The highest BCUT2D eigenvalue weighted by atomic mass is 32.2. The summed E-state index contributed by atoms with van der Waals surface area (Å²) in [6, 6.07) is 5.67. The van der Waals surface area contributed by atoms with E-state index >= 15 is 0 Å². The average Bonchev–Trinajstić information content (AvgIpc) is 3.30. The molecule has 0 unspecified atom stereocenters. The standard InChI is InChI=1S/C16H22N2O3S/c19-16(18-14-6-7-14)9-10-17-22(20,21)15-8-5-12-3-1-2-4-13(12)11-15/h5,8,11,14,17H,1-4,6-7,9-10H2,(H,18,19). The molecule has 2 N–H and O–H groups in total. The monoisotopic (exact) mass is 322 g/mol. The number of rotatable bonds is 6. The van der Waals surface area contributed by atoms with Crippen LogP contribution in [0.15, 0.2) is 23.1 Å². The number of fused-ring (bicyclic) bond motifs is 1. The van der Waals surface area contributed by atoms with Gasteiger partial charge in [0.25, 0.3) is 0 Å². The Kier molecular flexibility index (Phi) is 4.49. The van der Waals surface area contributed by atoms with Gasteiger partial charge >= 0.3 is 0 Å². The van der Waals surface area contributed by atoms with Crippen LogP contribution in [-0.2, 0) is 27.7 Å². The fourth-order valence-corrected chi connectivity index (χ4v) is 3.87. The van der Waals surface area contributed by atoms with Crippen LogP contribution in [-0.4, -0.2) is 26.9 Å². The van der Waals surface area contributed by atoms with Gasteiger partial charge in [0.15, 0.2) is 0 Å². The van der Waals surface area contributed by atoms with E-state index < -0.39 is 10.0 Å². The Morgan fingerprint density at radius 2 is 1.86 bits per heavy atom. The Balaban J connectivity index is 1.58. The molecule has 2 aliphatic rings. The van der Waals surface area contributed by atoms with Crippen LogP contribution in [0.1, 0.15) is 43.2 Å². The molecule has 0 atom stereocenters. The third-order valence-corrected chi connectivity index (χ3v) is 5.68. The van der Waals surface area contributed by atoms with Crippen molar-refractivity contribution in [1.82, 2.24) is 10.0 Å². The highest BCUT2D eigenvalue weighted by Crippen LogP contribution is 2.24. The van der Waals surface area contributed by atoms with Crippen LogP contribution in [0, 0.1) is 0 Å². The third kappa shape index (κ3) is 3.87. The van der Waals surface area contributed by atoms with Crippen LogP contribution in [0.5, 0.6) is 0 Å². The molecule has 6 heteroatoms.